The fourth-order valence-corrected chi connectivity index (χ4v) is 2.48. The van der Waals surface area contributed by atoms with Crippen molar-refractivity contribution >= 4 is 22.5 Å². The third-order valence-corrected chi connectivity index (χ3v) is 3.19. The van der Waals surface area contributed by atoms with Crippen LogP contribution in [0.4, 0.5) is 0 Å². The Bertz CT molecular complexity index is 501. The molecule has 72 valence electrons. The van der Waals surface area contributed by atoms with E-state index in [1.54, 1.807) is 0 Å². The molecule has 1 aliphatic rings. The molecule has 1 aliphatic carbocycles. The number of benzene rings is 1. The molecule has 0 spiro atoms. The van der Waals surface area contributed by atoms with Crippen LogP contribution in [-0.2, 0) is 6.42 Å². The number of hydrogen-bond acceptors (Lipinski definition) is 1. The van der Waals surface area contributed by atoms with E-state index < -0.39 is 0 Å². The topological polar surface area (TPSA) is 41.8 Å². The van der Waals surface area contributed by atoms with E-state index in [-0.39, 0.29) is 6.04 Å². The van der Waals surface area contributed by atoms with Crippen LogP contribution >= 0.6 is 11.6 Å². The Morgan fingerprint density at radius 2 is 2.29 bits per heavy atom. The summed E-state index contributed by atoms with van der Waals surface area (Å²) in [5, 5.41) is 2.00. The van der Waals surface area contributed by atoms with Crippen LogP contribution < -0.4 is 5.73 Å². The molecule has 0 fully saturated rings. The standard InChI is InChI=1S/C11H11ClN2/c12-6-1-2-7-10(5-6)14-9-4-3-8(13)11(7)9/h1-2,5,8,14H,3-4,13H2. The van der Waals surface area contributed by atoms with Gasteiger partial charge in [0.15, 0.2) is 0 Å². The van der Waals surface area contributed by atoms with Crippen molar-refractivity contribution in [3.63, 3.8) is 0 Å². The molecule has 0 bridgehead atoms. The van der Waals surface area contributed by atoms with Gasteiger partial charge in [-0.15, -0.1) is 0 Å². The van der Waals surface area contributed by atoms with Gasteiger partial charge in [0, 0.05) is 27.7 Å². The first-order valence-electron chi connectivity index (χ1n) is 4.81. The van der Waals surface area contributed by atoms with E-state index in [4.69, 9.17) is 17.3 Å². The highest BCUT2D eigenvalue weighted by atomic mass is 35.5. The molecule has 1 heterocycles. The molecule has 14 heavy (non-hydrogen) atoms. The lowest BCUT2D eigenvalue weighted by Crippen LogP contribution is -2.04. The second kappa shape index (κ2) is 2.75. The van der Waals surface area contributed by atoms with Crippen molar-refractivity contribution in [2.45, 2.75) is 18.9 Å². The van der Waals surface area contributed by atoms with Crippen LogP contribution in [0.15, 0.2) is 18.2 Å². The van der Waals surface area contributed by atoms with E-state index in [0.717, 1.165) is 23.4 Å². The van der Waals surface area contributed by atoms with Crippen LogP contribution in [-0.4, -0.2) is 4.98 Å². The number of aryl methyl sites for hydroxylation is 1. The predicted molar refractivity (Wildman–Crippen MR) is 58.6 cm³/mol. The Morgan fingerprint density at radius 1 is 1.43 bits per heavy atom. The highest BCUT2D eigenvalue weighted by Gasteiger charge is 2.23. The monoisotopic (exact) mass is 206 g/mol. The molecule has 0 saturated heterocycles. The van der Waals surface area contributed by atoms with Gasteiger partial charge in [-0.2, -0.15) is 0 Å². The quantitative estimate of drug-likeness (QED) is 0.684. The van der Waals surface area contributed by atoms with Gasteiger partial charge in [0.2, 0.25) is 0 Å². The van der Waals surface area contributed by atoms with E-state index in [1.807, 2.05) is 12.1 Å². The normalized spacial score (nSPS) is 20.3. The smallest absolute Gasteiger partial charge is 0.0474 e. The number of fused-ring (bicyclic) bond motifs is 3. The Morgan fingerprint density at radius 3 is 3.14 bits per heavy atom. The van der Waals surface area contributed by atoms with Crippen LogP contribution in [0.3, 0.4) is 0 Å². The summed E-state index contributed by atoms with van der Waals surface area (Å²) in [6, 6.07) is 6.13. The van der Waals surface area contributed by atoms with E-state index in [9.17, 15) is 0 Å². The fraction of sp³-hybridized carbons (Fsp3) is 0.273. The molecule has 0 radical (unpaired) electrons. The molecule has 1 atom stereocenters. The minimum absolute atomic E-state index is 0.194. The summed E-state index contributed by atoms with van der Waals surface area (Å²) in [6.45, 7) is 0. The maximum Gasteiger partial charge on any atom is 0.0474 e. The number of nitrogens with one attached hydrogen (secondary N) is 1. The zero-order valence-corrected chi connectivity index (χ0v) is 8.43. The molecule has 3 heteroatoms. The van der Waals surface area contributed by atoms with Crippen LogP contribution in [0.25, 0.3) is 10.9 Å². The van der Waals surface area contributed by atoms with Crippen LogP contribution in [0, 0.1) is 0 Å². The number of aromatic amines is 1. The zero-order valence-electron chi connectivity index (χ0n) is 7.68. The minimum atomic E-state index is 0.194. The predicted octanol–water partition coefficient (Wildman–Crippen LogP) is 2.77. The molecule has 1 aromatic heterocycles. The third-order valence-electron chi connectivity index (χ3n) is 2.96. The highest BCUT2D eigenvalue weighted by molar-refractivity contribution is 6.31. The van der Waals surface area contributed by atoms with Crippen molar-refractivity contribution in [1.82, 2.24) is 4.98 Å². The average molecular weight is 207 g/mol. The van der Waals surface area contributed by atoms with Gasteiger partial charge in [-0.05, 0) is 30.5 Å². The molecule has 3 rings (SSSR count). The fourth-order valence-electron chi connectivity index (χ4n) is 2.31. The first kappa shape index (κ1) is 8.33. The molecule has 0 amide bonds. The van der Waals surface area contributed by atoms with E-state index in [2.05, 4.69) is 11.1 Å². The summed E-state index contributed by atoms with van der Waals surface area (Å²) in [7, 11) is 0. The summed E-state index contributed by atoms with van der Waals surface area (Å²) in [5.41, 5.74) is 9.73. The van der Waals surface area contributed by atoms with E-state index in [0.29, 0.717) is 0 Å². The zero-order chi connectivity index (χ0) is 9.71. The van der Waals surface area contributed by atoms with Gasteiger partial charge in [0.25, 0.3) is 0 Å². The van der Waals surface area contributed by atoms with Crippen molar-refractivity contribution in [3.8, 4) is 0 Å². The Hall–Kier alpha value is -0.990. The van der Waals surface area contributed by atoms with E-state index >= 15 is 0 Å². The molecule has 1 unspecified atom stereocenters. The SMILES string of the molecule is NC1CCc2[nH]c3cc(Cl)ccc3c21. The molecular formula is C11H11ClN2. The number of halogens is 1. The lowest BCUT2D eigenvalue weighted by Gasteiger charge is -2.02. The third kappa shape index (κ3) is 1.01. The number of hydrogen-bond donors (Lipinski definition) is 2. The van der Waals surface area contributed by atoms with Gasteiger partial charge < -0.3 is 10.7 Å². The number of rotatable bonds is 0. The summed E-state index contributed by atoms with van der Waals surface area (Å²) < 4.78 is 0. The van der Waals surface area contributed by atoms with Crippen molar-refractivity contribution in [2.24, 2.45) is 5.73 Å². The first-order chi connectivity index (χ1) is 6.75. The number of H-pyrrole nitrogens is 1. The first-order valence-corrected chi connectivity index (χ1v) is 5.19. The second-order valence-electron chi connectivity index (χ2n) is 3.85. The number of nitrogens with two attached hydrogens (primary N) is 1. The van der Waals surface area contributed by atoms with Gasteiger partial charge >= 0.3 is 0 Å². The molecule has 3 N–H and O–H groups in total. The van der Waals surface area contributed by atoms with Gasteiger partial charge in [0.1, 0.15) is 0 Å². The van der Waals surface area contributed by atoms with Gasteiger partial charge in [-0.3, -0.25) is 0 Å². The van der Waals surface area contributed by atoms with Crippen molar-refractivity contribution < 1.29 is 0 Å². The Labute approximate surface area is 87.1 Å². The lowest BCUT2D eigenvalue weighted by molar-refractivity contribution is 0.714. The Kier molecular flexibility index (Phi) is 1.64. The molecule has 0 saturated carbocycles. The average Bonchev–Trinajstić information content (AvgIpc) is 2.66. The van der Waals surface area contributed by atoms with Crippen molar-refractivity contribution in [1.29, 1.82) is 0 Å². The largest absolute Gasteiger partial charge is 0.358 e. The molecule has 1 aromatic carbocycles. The van der Waals surface area contributed by atoms with Crippen LogP contribution in [0.1, 0.15) is 23.7 Å². The summed E-state index contributed by atoms with van der Waals surface area (Å²) in [5.74, 6) is 0. The van der Waals surface area contributed by atoms with Crippen molar-refractivity contribution in [2.75, 3.05) is 0 Å². The molecular weight excluding hydrogens is 196 g/mol. The van der Waals surface area contributed by atoms with Gasteiger partial charge in [0.05, 0.1) is 0 Å². The Balaban J connectivity index is 2.36. The van der Waals surface area contributed by atoms with Gasteiger partial charge in [-0.1, -0.05) is 17.7 Å². The lowest BCUT2D eigenvalue weighted by atomic mass is 10.1. The molecule has 0 aliphatic heterocycles. The maximum absolute atomic E-state index is 6.04. The summed E-state index contributed by atoms with van der Waals surface area (Å²) in [4.78, 5) is 3.38. The maximum atomic E-state index is 6.04. The van der Waals surface area contributed by atoms with E-state index in [1.165, 1.54) is 16.6 Å². The minimum Gasteiger partial charge on any atom is -0.358 e. The van der Waals surface area contributed by atoms with Crippen molar-refractivity contribution in [3.05, 3.63) is 34.5 Å². The van der Waals surface area contributed by atoms with Crippen LogP contribution in [0.5, 0.6) is 0 Å². The van der Waals surface area contributed by atoms with Crippen LogP contribution in [0.2, 0.25) is 5.02 Å². The summed E-state index contributed by atoms with van der Waals surface area (Å²) >= 11 is 5.93. The number of aromatic nitrogens is 1. The highest BCUT2D eigenvalue weighted by Crippen LogP contribution is 2.36. The summed E-state index contributed by atoms with van der Waals surface area (Å²) in [6.07, 6.45) is 2.11. The van der Waals surface area contributed by atoms with Gasteiger partial charge in [-0.25, -0.2) is 0 Å². The second-order valence-corrected chi connectivity index (χ2v) is 4.29. The molecule has 2 aromatic rings. The molecule has 2 nitrogen and oxygen atoms in total.